The molecular weight excluding hydrogens is 286 g/mol. The number of carbonyl (C=O) groups is 1. The van der Waals surface area contributed by atoms with Crippen LogP contribution in [0, 0.1) is 6.92 Å². The quantitative estimate of drug-likeness (QED) is 0.630. The number of aryl methyl sites for hydroxylation is 1. The number of hydrogen-bond donors (Lipinski definition) is 1. The van der Waals surface area contributed by atoms with Gasteiger partial charge in [0, 0.05) is 16.7 Å². The van der Waals surface area contributed by atoms with Crippen molar-refractivity contribution in [2.45, 2.75) is 11.8 Å². The molecule has 2 aromatic rings. The maximum absolute atomic E-state index is 11.7. The second-order valence-corrected chi connectivity index (χ2v) is 6.33. The number of benzene rings is 2. The van der Waals surface area contributed by atoms with Crippen LogP contribution in [0.1, 0.15) is 5.56 Å². The molecule has 0 aliphatic carbocycles. The van der Waals surface area contributed by atoms with Gasteiger partial charge in [-0.3, -0.25) is 4.79 Å². The summed E-state index contributed by atoms with van der Waals surface area (Å²) in [5.41, 5.74) is 1.99. The molecule has 2 nitrogen and oxygen atoms in total. The van der Waals surface area contributed by atoms with Gasteiger partial charge < -0.3 is 5.32 Å². The van der Waals surface area contributed by atoms with Crippen molar-refractivity contribution in [3.63, 3.8) is 0 Å². The maximum Gasteiger partial charge on any atom is 0.248 e. The molecule has 0 spiro atoms. The van der Waals surface area contributed by atoms with E-state index >= 15 is 0 Å². The fraction of sp³-hybridized carbons (Fsp3) is 0.0625. The summed E-state index contributed by atoms with van der Waals surface area (Å²) < 4.78 is 0. The molecule has 2 rings (SSSR count). The van der Waals surface area contributed by atoms with Crippen LogP contribution in [0.5, 0.6) is 0 Å². The molecule has 0 radical (unpaired) electrons. The summed E-state index contributed by atoms with van der Waals surface area (Å²) in [5, 5.41) is 4.61. The van der Waals surface area contributed by atoms with Crippen molar-refractivity contribution < 1.29 is 4.79 Å². The number of hydrogen-bond acceptors (Lipinski definition) is 3. The zero-order chi connectivity index (χ0) is 14.2. The van der Waals surface area contributed by atoms with Crippen LogP contribution < -0.4 is 5.32 Å². The third-order valence-electron chi connectivity index (χ3n) is 2.48. The van der Waals surface area contributed by atoms with E-state index in [0.29, 0.717) is 0 Å². The minimum atomic E-state index is -0.116. The Morgan fingerprint density at radius 2 is 1.75 bits per heavy atom. The van der Waals surface area contributed by atoms with Gasteiger partial charge in [0.1, 0.15) is 0 Å². The highest BCUT2D eigenvalue weighted by atomic mass is 33.1. The molecule has 0 saturated heterocycles. The molecule has 4 heteroatoms. The summed E-state index contributed by atoms with van der Waals surface area (Å²) in [6.45, 7) is 2.02. The van der Waals surface area contributed by atoms with Crippen LogP contribution in [0.15, 0.2) is 71.0 Å². The van der Waals surface area contributed by atoms with Crippen molar-refractivity contribution in [1.82, 2.24) is 0 Å². The molecule has 0 aliphatic heterocycles. The molecular formula is C16H15NOS2. The molecule has 0 aromatic heterocycles. The van der Waals surface area contributed by atoms with Gasteiger partial charge in [0.2, 0.25) is 5.91 Å². The average molecular weight is 301 g/mol. The van der Waals surface area contributed by atoms with Gasteiger partial charge in [-0.05, 0) is 36.6 Å². The van der Waals surface area contributed by atoms with Crippen LogP contribution in [0.3, 0.4) is 0 Å². The smallest absolute Gasteiger partial charge is 0.248 e. The lowest BCUT2D eigenvalue weighted by atomic mass is 10.2. The van der Waals surface area contributed by atoms with E-state index in [0.717, 1.165) is 5.69 Å². The van der Waals surface area contributed by atoms with Crippen molar-refractivity contribution >= 4 is 33.2 Å². The first-order valence-corrected chi connectivity index (χ1v) is 8.38. The van der Waals surface area contributed by atoms with Gasteiger partial charge in [0.05, 0.1) is 0 Å². The monoisotopic (exact) mass is 301 g/mol. The highest BCUT2D eigenvalue weighted by Crippen LogP contribution is 2.31. The average Bonchev–Trinajstić information content (AvgIpc) is 2.47. The van der Waals surface area contributed by atoms with Crippen molar-refractivity contribution in [1.29, 1.82) is 0 Å². The molecule has 0 fully saturated rings. The summed E-state index contributed by atoms with van der Waals surface area (Å²) in [6, 6.07) is 17.8. The van der Waals surface area contributed by atoms with Gasteiger partial charge >= 0.3 is 0 Å². The van der Waals surface area contributed by atoms with Gasteiger partial charge in [-0.2, -0.15) is 0 Å². The molecule has 2 aromatic carbocycles. The molecule has 0 aliphatic rings. The highest BCUT2D eigenvalue weighted by molar-refractivity contribution is 8.77. The summed E-state index contributed by atoms with van der Waals surface area (Å²) in [6.07, 6.45) is 1.54. The number of rotatable bonds is 5. The van der Waals surface area contributed by atoms with Crippen molar-refractivity contribution in [3.05, 3.63) is 71.6 Å². The van der Waals surface area contributed by atoms with E-state index in [-0.39, 0.29) is 5.91 Å². The van der Waals surface area contributed by atoms with Crippen molar-refractivity contribution in [2.75, 3.05) is 5.32 Å². The van der Waals surface area contributed by atoms with Crippen LogP contribution in [-0.4, -0.2) is 5.91 Å². The fourth-order valence-electron chi connectivity index (χ4n) is 1.47. The lowest BCUT2D eigenvalue weighted by molar-refractivity contribution is -0.111. The van der Waals surface area contributed by atoms with Crippen LogP contribution in [0.4, 0.5) is 5.69 Å². The van der Waals surface area contributed by atoms with E-state index < -0.39 is 0 Å². The largest absolute Gasteiger partial charge is 0.322 e. The van der Waals surface area contributed by atoms with Crippen LogP contribution in [0.2, 0.25) is 0 Å². The van der Waals surface area contributed by atoms with Crippen LogP contribution in [0.25, 0.3) is 0 Å². The molecule has 0 heterocycles. The zero-order valence-corrected chi connectivity index (χ0v) is 12.7. The first-order valence-electron chi connectivity index (χ1n) is 6.16. The standard InChI is InChI=1S/C16H15NOS2/c1-13-7-9-14(10-8-13)17-16(18)11-12-19-20-15-5-3-2-4-6-15/h2-12H,1H3,(H,17,18)/b12-11+. The summed E-state index contributed by atoms with van der Waals surface area (Å²) in [5.74, 6) is -0.116. The number of carbonyl (C=O) groups excluding carboxylic acids is 1. The topological polar surface area (TPSA) is 29.1 Å². The lowest BCUT2D eigenvalue weighted by Crippen LogP contribution is -2.07. The third-order valence-corrected chi connectivity index (χ3v) is 4.49. The number of nitrogens with one attached hydrogen (secondary N) is 1. The van der Waals surface area contributed by atoms with E-state index in [1.807, 2.05) is 61.5 Å². The lowest BCUT2D eigenvalue weighted by Gasteiger charge is -2.02. The number of amides is 1. The van der Waals surface area contributed by atoms with E-state index in [4.69, 9.17) is 0 Å². The van der Waals surface area contributed by atoms with Gasteiger partial charge in [0.15, 0.2) is 0 Å². The van der Waals surface area contributed by atoms with Crippen LogP contribution >= 0.6 is 21.6 Å². The maximum atomic E-state index is 11.7. The summed E-state index contributed by atoms with van der Waals surface area (Å²) >= 11 is 0. The summed E-state index contributed by atoms with van der Waals surface area (Å²) in [7, 11) is 3.14. The van der Waals surface area contributed by atoms with E-state index in [1.54, 1.807) is 22.3 Å². The van der Waals surface area contributed by atoms with Gasteiger partial charge in [-0.25, -0.2) is 0 Å². The fourth-order valence-corrected chi connectivity index (χ4v) is 3.08. The van der Waals surface area contributed by atoms with Gasteiger partial charge in [-0.1, -0.05) is 57.5 Å². The first-order chi connectivity index (χ1) is 9.74. The molecule has 1 N–H and O–H groups in total. The second-order valence-electron chi connectivity index (χ2n) is 4.15. The summed E-state index contributed by atoms with van der Waals surface area (Å²) in [4.78, 5) is 12.9. The van der Waals surface area contributed by atoms with Crippen LogP contribution in [-0.2, 0) is 4.79 Å². The molecule has 0 unspecified atom stereocenters. The van der Waals surface area contributed by atoms with E-state index in [1.165, 1.54) is 21.3 Å². The second kappa shape index (κ2) is 7.82. The molecule has 1 amide bonds. The highest BCUT2D eigenvalue weighted by Gasteiger charge is 1.97. The van der Waals surface area contributed by atoms with Crippen molar-refractivity contribution in [3.8, 4) is 0 Å². The van der Waals surface area contributed by atoms with E-state index in [2.05, 4.69) is 5.32 Å². The van der Waals surface area contributed by atoms with Gasteiger partial charge in [-0.15, -0.1) is 0 Å². The Bertz CT molecular complexity index is 579. The molecule has 0 bridgehead atoms. The zero-order valence-electron chi connectivity index (χ0n) is 11.1. The Balaban J connectivity index is 1.76. The molecule has 0 saturated carbocycles. The first kappa shape index (κ1) is 14.8. The molecule has 20 heavy (non-hydrogen) atoms. The Morgan fingerprint density at radius 3 is 2.45 bits per heavy atom. The predicted octanol–water partition coefficient (Wildman–Crippen LogP) is 4.89. The molecule has 0 atom stereocenters. The minimum absolute atomic E-state index is 0.116. The molecule has 102 valence electrons. The Hall–Kier alpha value is -1.65. The van der Waals surface area contributed by atoms with Gasteiger partial charge in [0.25, 0.3) is 0 Å². The Labute approximate surface area is 127 Å². The third kappa shape index (κ3) is 5.15. The Morgan fingerprint density at radius 1 is 1.05 bits per heavy atom. The van der Waals surface area contributed by atoms with E-state index in [9.17, 15) is 4.79 Å². The predicted molar refractivity (Wildman–Crippen MR) is 88.8 cm³/mol. The SMILES string of the molecule is Cc1ccc(NC(=O)/C=C/SSc2ccccc2)cc1. The Kier molecular flexibility index (Phi) is 5.77. The minimum Gasteiger partial charge on any atom is -0.322 e. The van der Waals surface area contributed by atoms with Crippen molar-refractivity contribution in [2.24, 2.45) is 0 Å². The number of anilines is 1. The normalized spacial score (nSPS) is 10.7.